The monoisotopic (exact) mass is 416 g/mol. The van der Waals surface area contributed by atoms with E-state index in [0.717, 1.165) is 27.3 Å². The van der Waals surface area contributed by atoms with Crippen LogP contribution < -0.4 is 9.62 Å². The van der Waals surface area contributed by atoms with Crippen LogP contribution in [0.1, 0.15) is 56.8 Å². The van der Waals surface area contributed by atoms with E-state index in [1.165, 1.54) is 0 Å². The highest BCUT2D eigenvalue weighted by Gasteiger charge is 2.23. The largest absolute Gasteiger partial charge is 0.348 e. The number of nitrogens with one attached hydrogen (secondary N) is 1. The van der Waals surface area contributed by atoms with Crippen LogP contribution in [-0.2, 0) is 20.2 Å². The average Bonchev–Trinajstić information content (AvgIpc) is 2.63. The van der Waals surface area contributed by atoms with Gasteiger partial charge in [0.1, 0.15) is 6.54 Å². The minimum atomic E-state index is -3.60. The predicted octanol–water partition coefficient (Wildman–Crippen LogP) is 4.33. The Balaban J connectivity index is 2.19. The van der Waals surface area contributed by atoms with Gasteiger partial charge in [0.15, 0.2) is 0 Å². The van der Waals surface area contributed by atoms with Gasteiger partial charge in [-0.2, -0.15) is 0 Å². The minimum absolute atomic E-state index is 0.0335. The van der Waals surface area contributed by atoms with Gasteiger partial charge in [-0.15, -0.1) is 0 Å². The third-order valence-corrected chi connectivity index (χ3v) is 6.07. The van der Waals surface area contributed by atoms with Crippen LogP contribution in [0.5, 0.6) is 0 Å². The number of hydrogen-bond donors (Lipinski definition) is 1. The first-order valence-electron chi connectivity index (χ1n) is 9.86. The summed E-state index contributed by atoms with van der Waals surface area (Å²) in [4.78, 5) is 12.7. The molecule has 0 bridgehead atoms. The van der Waals surface area contributed by atoms with Gasteiger partial charge in [0.2, 0.25) is 15.9 Å². The third kappa shape index (κ3) is 6.32. The van der Waals surface area contributed by atoms with Crippen molar-refractivity contribution in [3.05, 3.63) is 65.2 Å². The van der Waals surface area contributed by atoms with Crippen LogP contribution in [0.25, 0.3) is 0 Å². The van der Waals surface area contributed by atoms with Crippen molar-refractivity contribution in [2.45, 2.75) is 52.5 Å². The summed E-state index contributed by atoms with van der Waals surface area (Å²) < 4.78 is 25.9. The van der Waals surface area contributed by atoms with E-state index < -0.39 is 10.0 Å². The molecule has 1 amide bonds. The molecule has 0 aliphatic carbocycles. The van der Waals surface area contributed by atoms with Crippen LogP contribution in [0.3, 0.4) is 0 Å². The molecule has 0 fully saturated rings. The molecule has 5 nitrogen and oxygen atoms in total. The maximum atomic E-state index is 12.7. The highest BCUT2D eigenvalue weighted by Crippen LogP contribution is 2.26. The standard InChI is InChI=1S/C23H32N2O3S/c1-7-21(18-10-8-17(2)9-11-18)24-22(26)16-25(29(6,27)28)20-14-12-19(13-15-20)23(3,4)5/h8-15,21H,7,16H2,1-6H3,(H,24,26). The van der Waals surface area contributed by atoms with Gasteiger partial charge in [-0.05, 0) is 42.0 Å². The van der Waals surface area contributed by atoms with E-state index in [1.807, 2.05) is 50.2 Å². The number of hydrogen-bond acceptors (Lipinski definition) is 3. The molecule has 2 aromatic rings. The zero-order chi connectivity index (χ0) is 21.8. The lowest BCUT2D eigenvalue weighted by Gasteiger charge is -2.25. The molecule has 0 saturated heterocycles. The molecule has 0 radical (unpaired) electrons. The molecule has 6 heteroatoms. The van der Waals surface area contributed by atoms with E-state index in [-0.39, 0.29) is 23.9 Å². The van der Waals surface area contributed by atoms with Crippen LogP contribution in [-0.4, -0.2) is 27.1 Å². The highest BCUT2D eigenvalue weighted by atomic mass is 32.2. The summed E-state index contributed by atoms with van der Waals surface area (Å²) in [5.41, 5.74) is 3.71. The molecule has 0 aliphatic heterocycles. The number of anilines is 1. The van der Waals surface area contributed by atoms with Crippen molar-refractivity contribution < 1.29 is 13.2 Å². The third-order valence-electron chi connectivity index (χ3n) is 4.93. The van der Waals surface area contributed by atoms with Gasteiger partial charge in [0, 0.05) is 0 Å². The van der Waals surface area contributed by atoms with Crippen LogP contribution in [0.4, 0.5) is 5.69 Å². The molecule has 0 spiro atoms. The lowest BCUT2D eigenvalue weighted by Crippen LogP contribution is -2.41. The zero-order valence-electron chi connectivity index (χ0n) is 18.2. The van der Waals surface area contributed by atoms with E-state index >= 15 is 0 Å². The van der Waals surface area contributed by atoms with Crippen molar-refractivity contribution in [3.8, 4) is 0 Å². The van der Waals surface area contributed by atoms with Crippen LogP contribution in [0, 0.1) is 6.92 Å². The fraction of sp³-hybridized carbons (Fsp3) is 0.435. The summed E-state index contributed by atoms with van der Waals surface area (Å²) in [5, 5.41) is 2.97. The maximum Gasteiger partial charge on any atom is 0.241 e. The van der Waals surface area contributed by atoms with Crippen molar-refractivity contribution in [2.75, 3.05) is 17.1 Å². The van der Waals surface area contributed by atoms with E-state index in [4.69, 9.17) is 0 Å². The van der Waals surface area contributed by atoms with Crippen molar-refractivity contribution in [1.82, 2.24) is 5.32 Å². The fourth-order valence-electron chi connectivity index (χ4n) is 3.12. The quantitative estimate of drug-likeness (QED) is 0.731. The number of nitrogens with zero attached hydrogens (tertiary/aromatic N) is 1. The second kappa shape index (κ2) is 8.99. The van der Waals surface area contributed by atoms with Crippen molar-refractivity contribution >= 4 is 21.6 Å². The lowest BCUT2D eigenvalue weighted by molar-refractivity contribution is -0.120. The molecule has 29 heavy (non-hydrogen) atoms. The van der Waals surface area contributed by atoms with Crippen molar-refractivity contribution in [1.29, 1.82) is 0 Å². The van der Waals surface area contributed by atoms with Gasteiger partial charge < -0.3 is 5.32 Å². The Kier molecular flexibility index (Phi) is 7.11. The summed E-state index contributed by atoms with van der Waals surface area (Å²) in [7, 11) is -3.60. The molecule has 2 rings (SSSR count). The Labute approximate surface area is 175 Å². The summed E-state index contributed by atoms with van der Waals surface area (Å²) in [6.07, 6.45) is 1.84. The first-order valence-corrected chi connectivity index (χ1v) is 11.7. The normalized spacial score (nSPS) is 13.0. The second-order valence-corrected chi connectivity index (χ2v) is 10.4. The van der Waals surface area contributed by atoms with Crippen molar-refractivity contribution in [2.24, 2.45) is 0 Å². The molecule has 1 unspecified atom stereocenters. The maximum absolute atomic E-state index is 12.7. The summed E-state index contributed by atoms with van der Waals surface area (Å²) in [5.74, 6) is -0.331. The van der Waals surface area contributed by atoms with Gasteiger partial charge in [-0.3, -0.25) is 9.10 Å². The number of carbonyl (C=O) groups is 1. The van der Waals surface area contributed by atoms with Crippen LogP contribution in [0.2, 0.25) is 0 Å². The number of amides is 1. The van der Waals surface area contributed by atoms with Gasteiger partial charge in [0.25, 0.3) is 0 Å². The molecule has 0 aromatic heterocycles. The van der Waals surface area contributed by atoms with E-state index in [9.17, 15) is 13.2 Å². The molecule has 1 atom stereocenters. The Morgan fingerprint density at radius 2 is 1.59 bits per heavy atom. The van der Waals surface area contributed by atoms with Gasteiger partial charge in [0.05, 0.1) is 18.0 Å². The second-order valence-electron chi connectivity index (χ2n) is 8.51. The first kappa shape index (κ1) is 22.9. The number of benzene rings is 2. The first-order chi connectivity index (χ1) is 13.4. The fourth-order valence-corrected chi connectivity index (χ4v) is 3.97. The Bertz CT molecular complexity index is 928. The zero-order valence-corrected chi connectivity index (χ0v) is 19.0. The van der Waals surface area contributed by atoms with Crippen LogP contribution >= 0.6 is 0 Å². The number of sulfonamides is 1. The molecule has 0 saturated carbocycles. The number of aryl methyl sites for hydroxylation is 1. The Hall–Kier alpha value is -2.34. The Morgan fingerprint density at radius 1 is 1.03 bits per heavy atom. The molecule has 158 valence electrons. The predicted molar refractivity (Wildman–Crippen MR) is 120 cm³/mol. The van der Waals surface area contributed by atoms with Gasteiger partial charge >= 0.3 is 0 Å². The number of carbonyl (C=O) groups excluding carboxylic acids is 1. The summed E-state index contributed by atoms with van der Waals surface area (Å²) in [6, 6.07) is 15.2. The van der Waals surface area contributed by atoms with E-state index in [2.05, 4.69) is 26.1 Å². The summed E-state index contributed by atoms with van der Waals surface area (Å²) >= 11 is 0. The molecular weight excluding hydrogens is 384 g/mol. The van der Waals surface area contributed by atoms with E-state index in [0.29, 0.717) is 12.1 Å². The average molecular weight is 417 g/mol. The molecule has 0 aliphatic rings. The number of rotatable bonds is 7. The highest BCUT2D eigenvalue weighted by molar-refractivity contribution is 7.92. The van der Waals surface area contributed by atoms with Crippen molar-refractivity contribution in [3.63, 3.8) is 0 Å². The molecule has 1 N–H and O–H groups in total. The Morgan fingerprint density at radius 3 is 2.03 bits per heavy atom. The SMILES string of the molecule is CCC(NC(=O)CN(c1ccc(C(C)(C)C)cc1)S(C)(=O)=O)c1ccc(C)cc1. The summed E-state index contributed by atoms with van der Waals surface area (Å²) in [6.45, 7) is 10.0. The van der Waals surface area contributed by atoms with Gasteiger partial charge in [-0.1, -0.05) is 69.7 Å². The molecule has 2 aromatic carbocycles. The molecular formula is C23H32N2O3S. The van der Waals surface area contributed by atoms with E-state index in [1.54, 1.807) is 12.1 Å². The van der Waals surface area contributed by atoms with Gasteiger partial charge in [-0.25, -0.2) is 8.42 Å². The smallest absolute Gasteiger partial charge is 0.241 e. The molecule has 0 heterocycles. The minimum Gasteiger partial charge on any atom is -0.348 e. The van der Waals surface area contributed by atoms with Crippen LogP contribution in [0.15, 0.2) is 48.5 Å². The lowest BCUT2D eigenvalue weighted by atomic mass is 9.87. The topological polar surface area (TPSA) is 66.5 Å².